The van der Waals surface area contributed by atoms with Gasteiger partial charge in [0.15, 0.2) is 0 Å². The van der Waals surface area contributed by atoms with E-state index in [4.69, 9.17) is 0 Å². The number of nitrogens with one attached hydrogen (secondary N) is 1. The van der Waals surface area contributed by atoms with E-state index in [1.54, 1.807) is 0 Å². The largest absolute Gasteiger partial charge is 0.393 e. The van der Waals surface area contributed by atoms with Crippen molar-refractivity contribution < 1.29 is 18.3 Å². The Morgan fingerprint density at radius 1 is 1.52 bits per heavy atom. The van der Waals surface area contributed by atoms with Crippen LogP contribution >= 0.6 is 11.3 Å². The van der Waals surface area contributed by atoms with Crippen LogP contribution in [-0.4, -0.2) is 53.1 Å². The molecule has 0 aromatic carbocycles. The lowest BCUT2D eigenvalue weighted by Gasteiger charge is -2.34. The van der Waals surface area contributed by atoms with Crippen LogP contribution in [0.3, 0.4) is 0 Å². The summed E-state index contributed by atoms with van der Waals surface area (Å²) in [5.74, 6) is -0.404. The number of carbonyl (C=O) groups excluding carboxylic acids is 1. The highest BCUT2D eigenvalue weighted by molar-refractivity contribution is 7.91. The first-order valence-electron chi connectivity index (χ1n) is 6.64. The van der Waals surface area contributed by atoms with E-state index in [1.165, 1.54) is 11.2 Å². The van der Waals surface area contributed by atoms with Crippen molar-refractivity contribution in [1.29, 1.82) is 0 Å². The molecule has 1 aromatic heterocycles. The highest BCUT2D eigenvalue weighted by Gasteiger charge is 2.35. The van der Waals surface area contributed by atoms with E-state index in [0.717, 1.165) is 11.3 Å². The zero-order valence-electron chi connectivity index (χ0n) is 11.8. The average Bonchev–Trinajstić information content (AvgIpc) is 2.87. The third-order valence-corrected chi connectivity index (χ3v) is 6.48. The number of piperidine rings is 1. The number of nitrogens with zero attached hydrogens (tertiary/aromatic N) is 3. The molecule has 1 saturated heterocycles. The highest BCUT2D eigenvalue weighted by Crippen LogP contribution is 2.28. The molecule has 1 aliphatic rings. The molecule has 2 unspecified atom stereocenters. The van der Waals surface area contributed by atoms with Crippen LogP contribution in [-0.2, 0) is 14.8 Å². The van der Waals surface area contributed by atoms with Gasteiger partial charge in [-0.15, -0.1) is 10.2 Å². The van der Waals surface area contributed by atoms with Crippen LogP contribution in [0, 0.1) is 5.92 Å². The molecule has 21 heavy (non-hydrogen) atoms. The molecule has 118 valence electrons. The van der Waals surface area contributed by atoms with Gasteiger partial charge in [0.05, 0.1) is 6.10 Å². The first-order valence-corrected chi connectivity index (χ1v) is 8.89. The van der Waals surface area contributed by atoms with Crippen LogP contribution < -0.4 is 5.32 Å². The summed E-state index contributed by atoms with van der Waals surface area (Å²) in [5, 5.41) is 19.7. The molecule has 0 radical (unpaired) electrons. The smallest absolute Gasteiger partial charge is 0.272 e. The van der Waals surface area contributed by atoms with Gasteiger partial charge in [-0.3, -0.25) is 4.79 Å². The number of hydrogen-bond donors (Lipinski definition) is 2. The van der Waals surface area contributed by atoms with E-state index in [-0.39, 0.29) is 34.4 Å². The summed E-state index contributed by atoms with van der Waals surface area (Å²) in [5.41, 5.74) is 0. The number of anilines is 1. The number of aliphatic hydroxyl groups excluding tert-OH is 1. The normalized spacial score (nSPS) is 24.0. The van der Waals surface area contributed by atoms with Gasteiger partial charge in [-0.1, -0.05) is 18.3 Å². The summed E-state index contributed by atoms with van der Waals surface area (Å²) in [6.07, 6.45) is 0.654. The number of carbonyl (C=O) groups is 1. The first-order chi connectivity index (χ1) is 9.84. The Labute approximate surface area is 127 Å². The van der Waals surface area contributed by atoms with Crippen LogP contribution in [0.4, 0.5) is 5.13 Å². The molecule has 8 nitrogen and oxygen atoms in total. The zero-order chi connectivity index (χ0) is 15.6. The maximum Gasteiger partial charge on any atom is 0.272 e. The van der Waals surface area contributed by atoms with Gasteiger partial charge in [0.25, 0.3) is 10.0 Å². The third kappa shape index (κ3) is 3.57. The second kappa shape index (κ2) is 6.34. The zero-order valence-corrected chi connectivity index (χ0v) is 13.4. The number of aromatic nitrogens is 2. The fourth-order valence-electron chi connectivity index (χ4n) is 2.23. The van der Waals surface area contributed by atoms with Gasteiger partial charge in [-0.25, -0.2) is 8.42 Å². The molecule has 0 bridgehead atoms. The molecule has 0 spiro atoms. The molecule has 2 N–H and O–H groups in total. The Bertz CT molecular complexity index is 615. The fraction of sp³-hybridized carbons (Fsp3) is 0.727. The predicted molar refractivity (Wildman–Crippen MR) is 77.4 cm³/mol. The monoisotopic (exact) mass is 334 g/mol. The number of amides is 1. The molecular weight excluding hydrogens is 316 g/mol. The molecule has 2 rings (SSSR count). The Balaban J connectivity index is 2.18. The van der Waals surface area contributed by atoms with Crippen molar-refractivity contribution in [3.8, 4) is 0 Å². The minimum Gasteiger partial charge on any atom is -0.393 e. The lowest BCUT2D eigenvalue weighted by molar-refractivity contribution is -0.114. The van der Waals surface area contributed by atoms with Crippen molar-refractivity contribution in [1.82, 2.24) is 14.5 Å². The summed E-state index contributed by atoms with van der Waals surface area (Å²) < 4.78 is 26.2. The fourth-order valence-corrected chi connectivity index (χ4v) is 4.83. The third-order valence-electron chi connectivity index (χ3n) is 3.43. The molecular formula is C11H18N4O4S2. The minimum absolute atomic E-state index is 0.0729. The van der Waals surface area contributed by atoms with E-state index in [9.17, 15) is 18.3 Å². The van der Waals surface area contributed by atoms with Gasteiger partial charge < -0.3 is 10.4 Å². The Kier molecular flexibility index (Phi) is 4.91. The minimum atomic E-state index is -3.73. The summed E-state index contributed by atoms with van der Waals surface area (Å²) in [6, 6.07) is 0. The number of aliphatic hydroxyl groups is 1. The summed E-state index contributed by atoms with van der Waals surface area (Å²) in [6.45, 7) is 3.77. The molecule has 1 aromatic rings. The van der Waals surface area contributed by atoms with Gasteiger partial charge in [-0.2, -0.15) is 4.31 Å². The van der Waals surface area contributed by atoms with Gasteiger partial charge in [0, 0.05) is 20.0 Å². The molecule has 1 fully saturated rings. The summed E-state index contributed by atoms with van der Waals surface area (Å²) in [7, 11) is -3.73. The van der Waals surface area contributed by atoms with Crippen LogP contribution in [0.1, 0.15) is 26.7 Å². The van der Waals surface area contributed by atoms with Crippen molar-refractivity contribution in [2.24, 2.45) is 5.92 Å². The van der Waals surface area contributed by atoms with Crippen LogP contribution in [0.15, 0.2) is 4.34 Å². The molecule has 1 amide bonds. The van der Waals surface area contributed by atoms with Gasteiger partial charge in [0.2, 0.25) is 15.4 Å². The quantitative estimate of drug-likeness (QED) is 0.765. The van der Waals surface area contributed by atoms with Crippen molar-refractivity contribution in [3.05, 3.63) is 0 Å². The maximum absolute atomic E-state index is 12.5. The molecule has 10 heteroatoms. The highest BCUT2D eigenvalue weighted by atomic mass is 32.2. The lowest BCUT2D eigenvalue weighted by Crippen LogP contribution is -2.45. The average molecular weight is 334 g/mol. The predicted octanol–water partition coefficient (Wildman–Crippen LogP) is 0.278. The van der Waals surface area contributed by atoms with Crippen molar-refractivity contribution >= 4 is 32.4 Å². The Hall–Kier alpha value is -1.10. The van der Waals surface area contributed by atoms with Crippen LogP contribution in [0.2, 0.25) is 0 Å². The summed E-state index contributed by atoms with van der Waals surface area (Å²) >= 11 is 0.825. The van der Waals surface area contributed by atoms with Gasteiger partial charge in [-0.05, 0) is 18.8 Å². The molecule has 0 aliphatic carbocycles. The standard InChI is InChI=1S/C11H18N4O4S2/c1-3-8-6-15(5-4-9(8)17)21(18,19)11-14-13-10(20-11)12-7(2)16/h8-9,17H,3-6H2,1-2H3,(H,12,13,16). The van der Waals surface area contributed by atoms with Gasteiger partial charge in [0.1, 0.15) is 0 Å². The maximum atomic E-state index is 12.5. The van der Waals surface area contributed by atoms with E-state index in [0.29, 0.717) is 12.8 Å². The van der Waals surface area contributed by atoms with Crippen molar-refractivity contribution in [2.45, 2.75) is 37.1 Å². The SMILES string of the molecule is CCC1CN(S(=O)(=O)c2nnc(NC(C)=O)s2)CCC1O. The first kappa shape index (κ1) is 16.3. The molecule has 0 saturated carbocycles. The molecule has 1 aliphatic heterocycles. The van der Waals surface area contributed by atoms with E-state index < -0.39 is 16.1 Å². The van der Waals surface area contributed by atoms with E-state index in [1.807, 2.05) is 6.92 Å². The van der Waals surface area contributed by atoms with Crippen LogP contribution in [0.25, 0.3) is 0 Å². The molecule has 2 heterocycles. The van der Waals surface area contributed by atoms with Crippen LogP contribution in [0.5, 0.6) is 0 Å². The van der Waals surface area contributed by atoms with E-state index >= 15 is 0 Å². The van der Waals surface area contributed by atoms with Crippen molar-refractivity contribution in [3.63, 3.8) is 0 Å². The van der Waals surface area contributed by atoms with E-state index in [2.05, 4.69) is 15.5 Å². The number of hydrogen-bond acceptors (Lipinski definition) is 7. The lowest BCUT2D eigenvalue weighted by atomic mass is 9.94. The number of sulfonamides is 1. The second-order valence-electron chi connectivity index (χ2n) is 4.94. The molecule has 2 atom stereocenters. The number of rotatable bonds is 4. The summed E-state index contributed by atoms with van der Waals surface area (Å²) in [4.78, 5) is 10.9. The van der Waals surface area contributed by atoms with Gasteiger partial charge >= 0.3 is 0 Å². The second-order valence-corrected chi connectivity index (χ2v) is 8.03. The Morgan fingerprint density at radius 3 is 2.86 bits per heavy atom. The van der Waals surface area contributed by atoms with Crippen molar-refractivity contribution in [2.75, 3.05) is 18.4 Å². The Morgan fingerprint density at radius 2 is 2.24 bits per heavy atom. The topological polar surface area (TPSA) is 112 Å².